The van der Waals surface area contributed by atoms with Crippen molar-refractivity contribution >= 4 is 23.2 Å². The Balaban J connectivity index is 2.19. The number of aliphatic hydroxyl groups is 1. The number of hydrogen-bond donors (Lipinski definition) is 1. The molecule has 0 fully saturated rings. The number of pyridine rings is 1. The molecule has 5 heteroatoms. The van der Waals surface area contributed by atoms with E-state index in [0.29, 0.717) is 21.4 Å². The maximum absolute atomic E-state index is 9.25. The van der Waals surface area contributed by atoms with Gasteiger partial charge in [-0.1, -0.05) is 29.3 Å². The van der Waals surface area contributed by atoms with Gasteiger partial charge in [0.25, 0.3) is 0 Å². The van der Waals surface area contributed by atoms with Gasteiger partial charge in [0, 0.05) is 16.8 Å². The minimum atomic E-state index is -0.183. The van der Waals surface area contributed by atoms with Gasteiger partial charge in [0.05, 0.1) is 17.3 Å². The van der Waals surface area contributed by atoms with Gasteiger partial charge in [-0.15, -0.1) is 0 Å². The summed E-state index contributed by atoms with van der Waals surface area (Å²) in [6, 6.07) is 8.76. The lowest BCUT2D eigenvalue weighted by Gasteiger charge is -2.12. The highest BCUT2D eigenvalue weighted by atomic mass is 35.5. The van der Waals surface area contributed by atoms with Crippen LogP contribution in [0.25, 0.3) is 0 Å². The Morgan fingerprint density at radius 3 is 2.72 bits per heavy atom. The zero-order chi connectivity index (χ0) is 13.0. The third-order valence-corrected chi connectivity index (χ3v) is 2.85. The Morgan fingerprint density at radius 2 is 2.06 bits per heavy atom. The van der Waals surface area contributed by atoms with E-state index in [1.807, 2.05) is 18.2 Å². The maximum atomic E-state index is 9.25. The molecule has 0 unspecified atom stereocenters. The van der Waals surface area contributed by atoms with Crippen LogP contribution < -0.4 is 4.74 Å². The number of ether oxygens (including phenoxy) is 1. The van der Waals surface area contributed by atoms with E-state index in [4.69, 9.17) is 27.9 Å². The minimum Gasteiger partial charge on any atom is -0.485 e. The molecule has 0 amide bonds. The van der Waals surface area contributed by atoms with Gasteiger partial charge in [-0.3, -0.25) is 4.98 Å². The lowest BCUT2D eigenvalue weighted by Crippen LogP contribution is -2.01. The monoisotopic (exact) mass is 283 g/mol. The number of nitrogens with zero attached hydrogens (tertiary/aromatic N) is 1. The molecule has 0 radical (unpaired) electrons. The standard InChI is InChI=1S/C13H11Cl2NO2/c14-10-5-9(7-17)13(12(15)6-10)18-8-11-3-1-2-4-16-11/h1-6,17H,7-8H2. The average Bonchev–Trinajstić information content (AvgIpc) is 2.38. The molecular formula is C13H11Cl2NO2. The fraction of sp³-hybridized carbons (Fsp3) is 0.154. The molecule has 0 aliphatic rings. The molecule has 1 heterocycles. The number of benzene rings is 1. The zero-order valence-electron chi connectivity index (χ0n) is 9.44. The molecule has 1 aromatic heterocycles. The molecule has 94 valence electrons. The molecule has 0 saturated carbocycles. The molecular weight excluding hydrogens is 273 g/mol. The van der Waals surface area contributed by atoms with E-state index in [0.717, 1.165) is 5.69 Å². The van der Waals surface area contributed by atoms with Crippen molar-refractivity contribution in [3.63, 3.8) is 0 Å². The van der Waals surface area contributed by atoms with Crippen LogP contribution in [0.4, 0.5) is 0 Å². The summed E-state index contributed by atoms with van der Waals surface area (Å²) in [5, 5.41) is 10.1. The van der Waals surface area contributed by atoms with Crippen LogP contribution in [0.1, 0.15) is 11.3 Å². The highest BCUT2D eigenvalue weighted by Crippen LogP contribution is 2.32. The summed E-state index contributed by atoms with van der Waals surface area (Å²) in [7, 11) is 0. The SMILES string of the molecule is OCc1cc(Cl)cc(Cl)c1OCc1ccccn1. The highest BCUT2D eigenvalue weighted by molar-refractivity contribution is 6.35. The predicted octanol–water partition coefficient (Wildman–Crippen LogP) is 3.46. The quantitative estimate of drug-likeness (QED) is 0.934. The zero-order valence-corrected chi connectivity index (χ0v) is 10.9. The van der Waals surface area contributed by atoms with Crippen molar-refractivity contribution in [2.24, 2.45) is 0 Å². The van der Waals surface area contributed by atoms with E-state index in [9.17, 15) is 5.11 Å². The molecule has 18 heavy (non-hydrogen) atoms. The number of halogens is 2. The van der Waals surface area contributed by atoms with Crippen molar-refractivity contribution in [3.8, 4) is 5.75 Å². The predicted molar refractivity (Wildman–Crippen MR) is 71.0 cm³/mol. The van der Waals surface area contributed by atoms with Crippen LogP contribution in [0.15, 0.2) is 36.5 Å². The van der Waals surface area contributed by atoms with Crippen molar-refractivity contribution < 1.29 is 9.84 Å². The van der Waals surface area contributed by atoms with E-state index < -0.39 is 0 Å². The third-order valence-electron chi connectivity index (χ3n) is 2.35. The number of aliphatic hydroxyl groups excluding tert-OH is 1. The summed E-state index contributed by atoms with van der Waals surface area (Å²) in [4.78, 5) is 4.14. The second-order valence-corrected chi connectivity index (χ2v) is 4.49. The molecule has 0 saturated heterocycles. The molecule has 1 aromatic carbocycles. The fourth-order valence-corrected chi connectivity index (χ4v) is 2.11. The molecule has 3 nitrogen and oxygen atoms in total. The summed E-state index contributed by atoms with van der Waals surface area (Å²) in [5.41, 5.74) is 1.34. The van der Waals surface area contributed by atoms with Crippen molar-refractivity contribution in [1.82, 2.24) is 4.98 Å². The van der Waals surface area contributed by atoms with Gasteiger partial charge >= 0.3 is 0 Å². The number of rotatable bonds is 4. The third kappa shape index (κ3) is 3.13. The summed E-state index contributed by atoms with van der Waals surface area (Å²) in [6.45, 7) is 0.104. The highest BCUT2D eigenvalue weighted by Gasteiger charge is 2.10. The Labute approximate surface area is 115 Å². The summed E-state index contributed by atoms with van der Waals surface area (Å²) in [6.07, 6.45) is 1.69. The van der Waals surface area contributed by atoms with Crippen molar-refractivity contribution in [2.45, 2.75) is 13.2 Å². The first-order chi connectivity index (χ1) is 8.70. The minimum absolute atomic E-state index is 0.183. The summed E-state index contributed by atoms with van der Waals surface area (Å²) in [5.74, 6) is 0.439. The fourth-order valence-electron chi connectivity index (χ4n) is 1.52. The Bertz CT molecular complexity index is 532. The normalized spacial score (nSPS) is 10.4. The van der Waals surface area contributed by atoms with E-state index in [1.165, 1.54) is 0 Å². The van der Waals surface area contributed by atoms with E-state index in [2.05, 4.69) is 4.98 Å². The van der Waals surface area contributed by atoms with Crippen LogP contribution >= 0.6 is 23.2 Å². The molecule has 0 atom stereocenters. The largest absolute Gasteiger partial charge is 0.485 e. The lowest BCUT2D eigenvalue weighted by atomic mass is 10.2. The Hall–Kier alpha value is -1.29. The number of aromatic nitrogens is 1. The Kier molecular flexibility index (Phi) is 4.42. The average molecular weight is 284 g/mol. The van der Waals surface area contributed by atoms with Crippen molar-refractivity contribution in [1.29, 1.82) is 0 Å². The van der Waals surface area contributed by atoms with Gasteiger partial charge in [-0.2, -0.15) is 0 Å². The molecule has 0 aliphatic heterocycles. The van der Waals surface area contributed by atoms with Gasteiger partial charge in [0.2, 0.25) is 0 Å². The molecule has 2 aromatic rings. The van der Waals surface area contributed by atoms with Crippen molar-refractivity contribution in [2.75, 3.05) is 0 Å². The molecule has 1 N–H and O–H groups in total. The Morgan fingerprint density at radius 1 is 1.22 bits per heavy atom. The lowest BCUT2D eigenvalue weighted by molar-refractivity contribution is 0.257. The topological polar surface area (TPSA) is 42.4 Å². The van der Waals surface area contributed by atoms with Gasteiger partial charge < -0.3 is 9.84 Å². The van der Waals surface area contributed by atoms with Gasteiger partial charge in [0.1, 0.15) is 12.4 Å². The van der Waals surface area contributed by atoms with Crippen LogP contribution in [0.3, 0.4) is 0 Å². The van der Waals surface area contributed by atoms with Crippen LogP contribution in [0.2, 0.25) is 10.0 Å². The molecule has 0 aliphatic carbocycles. The smallest absolute Gasteiger partial charge is 0.144 e. The van der Waals surface area contributed by atoms with Crippen LogP contribution in [-0.4, -0.2) is 10.1 Å². The summed E-state index contributed by atoms with van der Waals surface area (Å²) < 4.78 is 5.59. The molecule has 0 bridgehead atoms. The van der Waals surface area contributed by atoms with E-state index in [-0.39, 0.29) is 13.2 Å². The van der Waals surface area contributed by atoms with Crippen LogP contribution in [0.5, 0.6) is 5.75 Å². The number of hydrogen-bond acceptors (Lipinski definition) is 3. The first-order valence-electron chi connectivity index (χ1n) is 5.32. The molecule has 0 spiro atoms. The second kappa shape index (κ2) is 6.05. The first-order valence-corrected chi connectivity index (χ1v) is 6.08. The summed E-state index contributed by atoms with van der Waals surface area (Å²) >= 11 is 11.9. The second-order valence-electron chi connectivity index (χ2n) is 3.64. The van der Waals surface area contributed by atoms with Crippen LogP contribution in [0, 0.1) is 0 Å². The van der Waals surface area contributed by atoms with E-state index in [1.54, 1.807) is 18.3 Å². The van der Waals surface area contributed by atoms with Gasteiger partial charge in [-0.25, -0.2) is 0 Å². The first kappa shape index (κ1) is 13.1. The molecule has 2 rings (SSSR count). The maximum Gasteiger partial charge on any atom is 0.144 e. The van der Waals surface area contributed by atoms with Gasteiger partial charge in [0.15, 0.2) is 0 Å². The van der Waals surface area contributed by atoms with Crippen LogP contribution in [-0.2, 0) is 13.2 Å². The van der Waals surface area contributed by atoms with E-state index >= 15 is 0 Å². The van der Waals surface area contributed by atoms with Gasteiger partial charge in [-0.05, 0) is 24.3 Å². The van der Waals surface area contributed by atoms with Crippen molar-refractivity contribution in [3.05, 3.63) is 57.8 Å².